The predicted octanol–water partition coefficient (Wildman–Crippen LogP) is 2.65. The molecular weight excluding hydrogens is 212 g/mol. The maximum absolute atomic E-state index is 12.7. The third-order valence-electron chi connectivity index (χ3n) is 1.55. The second-order valence-electron chi connectivity index (χ2n) is 3.44. The second-order valence-corrected chi connectivity index (χ2v) is 3.44. The summed E-state index contributed by atoms with van der Waals surface area (Å²) in [5, 5.41) is 0. The first kappa shape index (κ1) is 13.5. The third-order valence-corrected chi connectivity index (χ3v) is 1.55. The quantitative estimate of drug-likeness (QED) is 0.728. The lowest BCUT2D eigenvalue weighted by atomic mass is 9.99. The van der Waals surface area contributed by atoms with Gasteiger partial charge >= 0.3 is 0 Å². The van der Waals surface area contributed by atoms with E-state index in [0.717, 1.165) is 0 Å². The highest BCUT2D eigenvalue weighted by molar-refractivity contribution is 4.91. The Morgan fingerprint density at radius 2 is 1.36 bits per heavy atom. The first-order valence-electron chi connectivity index (χ1n) is 3.75. The van der Waals surface area contributed by atoms with Gasteiger partial charge in [0.2, 0.25) is 0 Å². The van der Waals surface area contributed by atoms with Crippen LogP contribution < -0.4 is 5.73 Å². The Kier molecular flexibility index (Phi) is 3.48. The lowest BCUT2D eigenvalue weighted by Crippen LogP contribution is -2.53. The van der Waals surface area contributed by atoms with Gasteiger partial charge in [0.05, 0.1) is 6.42 Å². The van der Waals surface area contributed by atoms with Crippen LogP contribution in [0.1, 0.15) is 20.3 Å². The normalized spacial score (nSPS) is 16.9. The molecule has 7 heteroatoms. The van der Waals surface area contributed by atoms with Crippen molar-refractivity contribution in [2.45, 2.75) is 44.1 Å². The van der Waals surface area contributed by atoms with Gasteiger partial charge in [0.1, 0.15) is 6.04 Å². The van der Waals surface area contributed by atoms with E-state index in [1.807, 2.05) is 0 Å². The molecule has 1 atom stereocenters. The van der Waals surface area contributed by atoms with Gasteiger partial charge in [0.15, 0.2) is 0 Å². The fourth-order valence-corrected chi connectivity index (χ4v) is 0.895. The number of alkyl halides is 6. The van der Waals surface area contributed by atoms with Gasteiger partial charge in [0, 0.05) is 6.92 Å². The molecule has 0 fully saturated rings. The summed E-state index contributed by atoms with van der Waals surface area (Å²) < 4.78 is 74.5. The fraction of sp³-hybridized carbons (Fsp3) is 1.00. The highest BCUT2D eigenvalue weighted by atomic mass is 19.3. The number of hydrogen-bond donors (Lipinski definition) is 1. The number of nitrogens with two attached hydrogens (primary N) is 1. The van der Waals surface area contributed by atoms with E-state index in [1.165, 1.54) is 0 Å². The molecule has 0 aliphatic rings. The largest absolute Gasteiger partial charge is 0.318 e. The van der Waals surface area contributed by atoms with Crippen molar-refractivity contribution in [3.8, 4) is 0 Å². The van der Waals surface area contributed by atoms with E-state index in [-0.39, 0.29) is 13.8 Å². The van der Waals surface area contributed by atoms with Crippen LogP contribution in [0.15, 0.2) is 0 Å². The van der Waals surface area contributed by atoms with Gasteiger partial charge in [0.25, 0.3) is 17.8 Å². The van der Waals surface area contributed by atoms with Gasteiger partial charge in [-0.1, -0.05) is 0 Å². The highest BCUT2D eigenvalue weighted by Crippen LogP contribution is 2.36. The van der Waals surface area contributed by atoms with Crippen LogP contribution in [0.3, 0.4) is 0 Å². The summed E-state index contributed by atoms with van der Waals surface area (Å²) >= 11 is 0. The van der Waals surface area contributed by atoms with Crippen LogP contribution in [0, 0.1) is 0 Å². The maximum atomic E-state index is 12.7. The molecule has 0 aliphatic heterocycles. The van der Waals surface area contributed by atoms with Gasteiger partial charge in [-0.3, -0.25) is 0 Å². The zero-order chi connectivity index (χ0) is 11.8. The van der Waals surface area contributed by atoms with Gasteiger partial charge in [-0.05, 0) is 6.92 Å². The molecule has 0 aromatic heterocycles. The molecule has 14 heavy (non-hydrogen) atoms. The monoisotopic (exact) mass is 223 g/mol. The van der Waals surface area contributed by atoms with Crippen LogP contribution in [0.4, 0.5) is 26.3 Å². The molecule has 0 aromatic rings. The van der Waals surface area contributed by atoms with Crippen molar-refractivity contribution in [2.24, 2.45) is 5.73 Å². The molecule has 86 valence electrons. The molecule has 0 bridgehead atoms. The maximum Gasteiger partial charge on any atom is 0.274 e. The second kappa shape index (κ2) is 3.60. The van der Waals surface area contributed by atoms with Crippen molar-refractivity contribution in [1.82, 2.24) is 0 Å². The molecule has 0 radical (unpaired) electrons. The minimum absolute atomic E-state index is 0.166. The van der Waals surface area contributed by atoms with Crippen LogP contribution >= 0.6 is 0 Å². The zero-order valence-electron chi connectivity index (χ0n) is 7.63. The van der Waals surface area contributed by atoms with E-state index in [0.29, 0.717) is 0 Å². The number of hydrogen-bond acceptors (Lipinski definition) is 1. The Morgan fingerprint density at radius 3 is 1.57 bits per heavy atom. The molecule has 0 amide bonds. The average Bonchev–Trinajstić information content (AvgIpc) is 1.78. The van der Waals surface area contributed by atoms with Crippen LogP contribution in [-0.2, 0) is 0 Å². The van der Waals surface area contributed by atoms with Gasteiger partial charge < -0.3 is 5.73 Å². The molecule has 2 N–H and O–H groups in total. The standard InChI is InChI=1S/C7H11F6N/c1-5(8,9)3-7(12,13)4(14)6(2,10)11/h4H,3,14H2,1-2H3. The van der Waals surface area contributed by atoms with E-state index in [2.05, 4.69) is 5.73 Å². The molecule has 0 aromatic carbocycles. The summed E-state index contributed by atoms with van der Waals surface area (Å²) in [5.74, 6) is -11.9. The van der Waals surface area contributed by atoms with Crippen molar-refractivity contribution in [1.29, 1.82) is 0 Å². The van der Waals surface area contributed by atoms with E-state index in [1.54, 1.807) is 0 Å². The van der Waals surface area contributed by atoms with Crippen molar-refractivity contribution in [3.63, 3.8) is 0 Å². The van der Waals surface area contributed by atoms with Crippen LogP contribution in [0.5, 0.6) is 0 Å². The van der Waals surface area contributed by atoms with Crippen LogP contribution in [0.25, 0.3) is 0 Å². The lowest BCUT2D eigenvalue weighted by molar-refractivity contribution is -0.161. The summed E-state index contributed by atoms with van der Waals surface area (Å²) in [6, 6.07) is -2.90. The molecular formula is C7H11F6N. The Bertz CT molecular complexity index is 191. The smallest absolute Gasteiger partial charge is 0.274 e. The molecule has 0 heterocycles. The van der Waals surface area contributed by atoms with Crippen LogP contribution in [0.2, 0.25) is 0 Å². The Morgan fingerprint density at radius 1 is 1.00 bits per heavy atom. The minimum atomic E-state index is -4.30. The third kappa shape index (κ3) is 4.17. The average molecular weight is 223 g/mol. The summed E-state index contributed by atoms with van der Waals surface area (Å²) in [6.45, 7) is 0.390. The van der Waals surface area contributed by atoms with Crippen LogP contribution in [-0.4, -0.2) is 23.8 Å². The van der Waals surface area contributed by atoms with E-state index < -0.39 is 30.2 Å². The van der Waals surface area contributed by atoms with Gasteiger partial charge in [-0.2, -0.15) is 0 Å². The Balaban J connectivity index is 4.63. The minimum Gasteiger partial charge on any atom is -0.318 e. The molecule has 0 saturated heterocycles. The van der Waals surface area contributed by atoms with Crippen molar-refractivity contribution < 1.29 is 26.3 Å². The van der Waals surface area contributed by atoms with Crippen molar-refractivity contribution in [3.05, 3.63) is 0 Å². The molecule has 0 saturated carbocycles. The highest BCUT2D eigenvalue weighted by Gasteiger charge is 2.53. The lowest BCUT2D eigenvalue weighted by Gasteiger charge is -2.29. The first-order chi connectivity index (χ1) is 5.86. The topological polar surface area (TPSA) is 26.0 Å². The summed E-state index contributed by atoms with van der Waals surface area (Å²) in [5.41, 5.74) is 4.50. The molecule has 0 aliphatic carbocycles. The summed E-state index contributed by atoms with van der Waals surface area (Å²) in [4.78, 5) is 0. The van der Waals surface area contributed by atoms with Crippen molar-refractivity contribution >= 4 is 0 Å². The fourth-order valence-electron chi connectivity index (χ4n) is 0.895. The van der Waals surface area contributed by atoms with E-state index in [9.17, 15) is 26.3 Å². The molecule has 1 nitrogen and oxygen atoms in total. The Labute approximate surface area is 77.3 Å². The zero-order valence-corrected chi connectivity index (χ0v) is 7.63. The van der Waals surface area contributed by atoms with Gasteiger partial charge in [-0.15, -0.1) is 0 Å². The van der Waals surface area contributed by atoms with Crippen molar-refractivity contribution in [2.75, 3.05) is 0 Å². The van der Waals surface area contributed by atoms with Gasteiger partial charge in [-0.25, -0.2) is 26.3 Å². The van der Waals surface area contributed by atoms with E-state index >= 15 is 0 Å². The van der Waals surface area contributed by atoms with E-state index in [4.69, 9.17) is 0 Å². The summed E-state index contributed by atoms with van der Waals surface area (Å²) in [6.07, 6.45) is -1.98. The molecule has 0 rings (SSSR count). The summed E-state index contributed by atoms with van der Waals surface area (Å²) in [7, 11) is 0. The number of rotatable bonds is 4. The number of halogens is 6. The molecule has 1 unspecified atom stereocenters. The first-order valence-corrected chi connectivity index (χ1v) is 3.75. The SMILES string of the molecule is CC(F)(F)CC(F)(F)C(N)C(C)(F)F. The molecule has 0 spiro atoms. The Hall–Kier alpha value is -0.460. The predicted molar refractivity (Wildman–Crippen MR) is 38.8 cm³/mol.